The van der Waals surface area contributed by atoms with Crippen LogP contribution in [-0.2, 0) is 23.7 Å². The van der Waals surface area contributed by atoms with Gasteiger partial charge in [0, 0.05) is 24.9 Å². The van der Waals surface area contributed by atoms with Crippen LogP contribution in [0.5, 0.6) is 0 Å². The van der Waals surface area contributed by atoms with Crippen molar-refractivity contribution in [3.05, 3.63) is 24.3 Å². The largest absolute Gasteiger partial charge is 0.396 e. The van der Waals surface area contributed by atoms with E-state index in [2.05, 4.69) is 65.8 Å². The average Bonchev–Trinajstić information content (AvgIpc) is 3.22. The first-order valence-corrected chi connectivity index (χ1v) is 13.8. The molecule has 0 aromatic rings. The zero-order chi connectivity index (χ0) is 27.5. The molecule has 2 fully saturated rings. The van der Waals surface area contributed by atoms with E-state index < -0.39 is 11.6 Å². The summed E-state index contributed by atoms with van der Waals surface area (Å²) in [6, 6.07) is 0. The van der Waals surface area contributed by atoms with Crippen molar-refractivity contribution >= 4 is 6.29 Å². The van der Waals surface area contributed by atoms with Gasteiger partial charge in [-0.05, 0) is 58.8 Å². The lowest BCUT2D eigenvalue weighted by molar-refractivity contribution is -0.150. The Morgan fingerprint density at radius 2 is 1.14 bits per heavy atom. The van der Waals surface area contributed by atoms with E-state index in [1.807, 2.05) is 27.7 Å². The van der Waals surface area contributed by atoms with Gasteiger partial charge >= 0.3 is 0 Å². The molecule has 6 nitrogen and oxygen atoms in total. The summed E-state index contributed by atoms with van der Waals surface area (Å²) in [6.07, 6.45) is 12.8. The van der Waals surface area contributed by atoms with E-state index in [4.69, 9.17) is 24.1 Å². The predicted molar refractivity (Wildman–Crippen MR) is 146 cm³/mol. The lowest BCUT2D eigenvalue weighted by Gasteiger charge is -2.20. The molecule has 6 atom stereocenters. The van der Waals surface area contributed by atoms with Crippen molar-refractivity contribution in [1.29, 1.82) is 0 Å². The van der Waals surface area contributed by atoms with Gasteiger partial charge in [-0.25, -0.2) is 0 Å². The van der Waals surface area contributed by atoms with Crippen molar-refractivity contribution < 1.29 is 28.8 Å². The molecule has 2 saturated heterocycles. The van der Waals surface area contributed by atoms with Gasteiger partial charge < -0.3 is 28.8 Å². The lowest BCUT2D eigenvalue weighted by Crippen LogP contribution is -2.29. The molecule has 0 aromatic carbocycles. The van der Waals surface area contributed by atoms with Gasteiger partial charge in [0.05, 0.1) is 24.4 Å². The highest BCUT2D eigenvalue weighted by molar-refractivity contribution is 5.50. The summed E-state index contributed by atoms with van der Waals surface area (Å²) in [4.78, 5) is 10.7. The predicted octanol–water partition coefficient (Wildman–Crippen LogP) is 6.46. The number of aldehydes is 1. The van der Waals surface area contributed by atoms with Crippen LogP contribution >= 0.6 is 0 Å². The maximum atomic E-state index is 10.7. The Morgan fingerprint density at radius 3 is 1.53 bits per heavy atom. The fraction of sp³-hybridized carbons (Fsp3) is 0.833. The van der Waals surface area contributed by atoms with Crippen molar-refractivity contribution in [1.82, 2.24) is 0 Å². The molecule has 0 saturated carbocycles. The summed E-state index contributed by atoms with van der Waals surface area (Å²) in [5, 5.41) is 9.09. The third kappa shape index (κ3) is 12.0. The zero-order valence-corrected chi connectivity index (χ0v) is 24.5. The van der Waals surface area contributed by atoms with Crippen LogP contribution in [0.2, 0.25) is 0 Å². The number of ether oxygens (including phenoxy) is 4. The van der Waals surface area contributed by atoms with Crippen LogP contribution in [-0.4, -0.2) is 54.0 Å². The summed E-state index contributed by atoms with van der Waals surface area (Å²) < 4.78 is 23.4. The van der Waals surface area contributed by atoms with Crippen molar-refractivity contribution in [2.75, 3.05) is 6.61 Å². The topological polar surface area (TPSA) is 74.2 Å². The first-order valence-electron chi connectivity index (χ1n) is 13.8. The Balaban J connectivity index is 0.000000360. The smallest absolute Gasteiger partial charge is 0.163 e. The first-order chi connectivity index (χ1) is 16.7. The van der Waals surface area contributed by atoms with E-state index in [1.54, 1.807) is 0 Å². The minimum absolute atomic E-state index is 0.0105. The van der Waals surface area contributed by atoms with Crippen molar-refractivity contribution in [2.45, 2.75) is 131 Å². The molecule has 0 amide bonds. The molecule has 1 N–H and O–H groups in total. The highest BCUT2D eigenvalue weighted by atomic mass is 16.8. The molecular formula is C30H54O6. The van der Waals surface area contributed by atoms with Crippen LogP contribution < -0.4 is 0 Å². The van der Waals surface area contributed by atoms with Crippen LogP contribution in [0.15, 0.2) is 24.3 Å². The van der Waals surface area contributed by atoms with Crippen molar-refractivity contribution in [3.8, 4) is 0 Å². The van der Waals surface area contributed by atoms with Gasteiger partial charge in [0.25, 0.3) is 0 Å². The number of rotatable bonds is 12. The Bertz CT molecular complexity index is 681. The number of aliphatic hydroxyl groups excluding tert-OH is 1. The van der Waals surface area contributed by atoms with Crippen LogP contribution in [0.1, 0.15) is 94.9 Å². The molecule has 36 heavy (non-hydrogen) atoms. The summed E-state index contributed by atoms with van der Waals surface area (Å²) >= 11 is 0. The number of carbonyl (C=O) groups excluding carboxylic acids is 1. The van der Waals surface area contributed by atoms with Gasteiger partial charge in [-0.3, -0.25) is 0 Å². The van der Waals surface area contributed by atoms with Gasteiger partial charge in [0.15, 0.2) is 11.6 Å². The fourth-order valence-corrected chi connectivity index (χ4v) is 4.60. The van der Waals surface area contributed by atoms with Crippen LogP contribution in [0.3, 0.4) is 0 Å². The van der Waals surface area contributed by atoms with Gasteiger partial charge in [-0.2, -0.15) is 0 Å². The van der Waals surface area contributed by atoms with E-state index in [1.165, 1.54) is 0 Å². The molecule has 2 heterocycles. The maximum Gasteiger partial charge on any atom is 0.163 e. The van der Waals surface area contributed by atoms with Crippen LogP contribution in [0.4, 0.5) is 0 Å². The Hall–Kier alpha value is -1.05. The van der Waals surface area contributed by atoms with E-state index in [0.29, 0.717) is 30.6 Å². The van der Waals surface area contributed by atoms with Gasteiger partial charge in [-0.15, -0.1) is 0 Å². The number of allylic oxidation sites excluding steroid dienone is 2. The average molecular weight is 511 g/mol. The highest BCUT2D eigenvalue weighted by Gasteiger charge is 2.43. The van der Waals surface area contributed by atoms with Gasteiger partial charge in [-0.1, -0.05) is 65.8 Å². The summed E-state index contributed by atoms with van der Waals surface area (Å²) in [5.41, 5.74) is 0. The quantitative estimate of drug-likeness (QED) is 0.240. The maximum absolute atomic E-state index is 10.7. The summed E-state index contributed by atoms with van der Waals surface area (Å²) in [7, 11) is 0. The first kappa shape index (κ1) is 33.0. The second kappa shape index (κ2) is 15.4. The van der Waals surface area contributed by atoms with Crippen LogP contribution in [0, 0.1) is 23.7 Å². The normalized spacial score (nSPS) is 29.1. The van der Waals surface area contributed by atoms with Crippen molar-refractivity contribution in [2.24, 2.45) is 23.7 Å². The van der Waals surface area contributed by atoms with Gasteiger partial charge in [0.1, 0.15) is 6.29 Å². The molecule has 2 aliphatic rings. The van der Waals surface area contributed by atoms with Gasteiger partial charge in [0.2, 0.25) is 0 Å². The second-order valence-electron chi connectivity index (χ2n) is 12.0. The molecule has 2 unspecified atom stereocenters. The SMILES string of the molecule is CC(C)C/C=C\C(C)[C@H]1OC(C)(C)O[C@H]1CC=O.CC(C)C/C=C\C(C)[C@H]1OC(C)(C)O[C@H]1CCO. The third-order valence-corrected chi connectivity index (χ3v) is 6.32. The molecule has 0 bridgehead atoms. The molecule has 210 valence electrons. The minimum Gasteiger partial charge on any atom is -0.396 e. The van der Waals surface area contributed by atoms with Crippen LogP contribution in [0.25, 0.3) is 0 Å². The zero-order valence-electron chi connectivity index (χ0n) is 24.5. The third-order valence-electron chi connectivity index (χ3n) is 6.32. The number of hydrogen-bond acceptors (Lipinski definition) is 6. The summed E-state index contributed by atoms with van der Waals surface area (Å²) in [5.74, 6) is 0.788. The van der Waals surface area contributed by atoms with E-state index in [-0.39, 0.29) is 36.9 Å². The Kier molecular flexibility index (Phi) is 14.1. The molecule has 2 aliphatic heterocycles. The lowest BCUT2D eigenvalue weighted by atomic mass is 9.96. The summed E-state index contributed by atoms with van der Waals surface area (Å²) in [6.45, 7) is 20.9. The molecular weight excluding hydrogens is 456 g/mol. The standard InChI is InChI=1S/C15H28O3.C15H26O3/c2*1-11(2)7-6-8-12(3)14-13(9-10-16)17-15(4,5)18-14/h6,8,11-14,16H,7,9-10H2,1-5H3;6,8,10-14H,7,9H2,1-5H3/b2*8-6-/t2*12?,13-,14+/m00/s1. The molecule has 0 radical (unpaired) electrons. The number of aliphatic hydroxyl groups is 1. The Morgan fingerprint density at radius 1 is 0.722 bits per heavy atom. The number of carbonyl (C=O) groups is 1. The second-order valence-corrected chi connectivity index (χ2v) is 12.0. The van der Waals surface area contributed by atoms with Crippen molar-refractivity contribution in [3.63, 3.8) is 0 Å². The number of hydrogen-bond donors (Lipinski definition) is 1. The van der Waals surface area contributed by atoms with E-state index in [0.717, 1.165) is 19.1 Å². The fourth-order valence-electron chi connectivity index (χ4n) is 4.60. The molecule has 0 aliphatic carbocycles. The minimum atomic E-state index is -0.585. The molecule has 2 rings (SSSR count). The highest BCUT2D eigenvalue weighted by Crippen LogP contribution is 2.35. The monoisotopic (exact) mass is 510 g/mol. The molecule has 6 heteroatoms. The molecule has 0 aromatic heterocycles. The Labute approximate surface area is 220 Å². The van der Waals surface area contributed by atoms with E-state index >= 15 is 0 Å². The van der Waals surface area contributed by atoms with E-state index in [9.17, 15) is 4.79 Å². The molecule has 0 spiro atoms.